The van der Waals surface area contributed by atoms with Crippen molar-refractivity contribution in [3.63, 3.8) is 0 Å². The summed E-state index contributed by atoms with van der Waals surface area (Å²) < 4.78 is 1.80. The van der Waals surface area contributed by atoms with Crippen molar-refractivity contribution in [1.29, 1.82) is 0 Å². The van der Waals surface area contributed by atoms with Crippen LogP contribution in [0.25, 0.3) is 0 Å². The zero-order valence-corrected chi connectivity index (χ0v) is 10.6. The molecule has 5 heteroatoms. The predicted molar refractivity (Wildman–Crippen MR) is 68.0 cm³/mol. The van der Waals surface area contributed by atoms with Crippen molar-refractivity contribution in [2.45, 2.75) is 26.9 Å². The normalized spacial score (nSPS) is 10.3. The Hall–Kier alpha value is -2.17. The Bertz CT molecular complexity index is 533. The summed E-state index contributed by atoms with van der Waals surface area (Å²) in [5, 5.41) is 7.03. The molecule has 2 rings (SSSR count). The van der Waals surface area contributed by atoms with Crippen LogP contribution in [0.1, 0.15) is 28.8 Å². The third kappa shape index (κ3) is 2.74. The van der Waals surface area contributed by atoms with E-state index in [1.165, 1.54) is 0 Å². The van der Waals surface area contributed by atoms with Crippen LogP contribution in [-0.2, 0) is 13.1 Å². The zero-order chi connectivity index (χ0) is 13.0. The molecule has 2 aromatic heterocycles. The van der Waals surface area contributed by atoms with Crippen molar-refractivity contribution < 1.29 is 4.79 Å². The van der Waals surface area contributed by atoms with E-state index < -0.39 is 0 Å². The van der Waals surface area contributed by atoms with Crippen LogP contribution in [0.15, 0.2) is 30.5 Å². The van der Waals surface area contributed by atoms with Gasteiger partial charge in [-0.3, -0.25) is 14.5 Å². The SMILES string of the molecule is CCn1nc(C(=O)NCc2ccccn2)cc1C. The van der Waals surface area contributed by atoms with E-state index in [2.05, 4.69) is 15.4 Å². The molecule has 2 heterocycles. The number of rotatable bonds is 4. The highest BCUT2D eigenvalue weighted by molar-refractivity contribution is 5.92. The second kappa shape index (κ2) is 5.44. The number of nitrogens with one attached hydrogen (secondary N) is 1. The van der Waals surface area contributed by atoms with Crippen LogP contribution in [-0.4, -0.2) is 20.7 Å². The number of hydrogen-bond acceptors (Lipinski definition) is 3. The highest BCUT2D eigenvalue weighted by Gasteiger charge is 2.11. The van der Waals surface area contributed by atoms with Gasteiger partial charge in [-0.25, -0.2) is 0 Å². The molecule has 0 aliphatic carbocycles. The molecule has 0 saturated carbocycles. The van der Waals surface area contributed by atoms with Crippen LogP contribution in [0.3, 0.4) is 0 Å². The van der Waals surface area contributed by atoms with Gasteiger partial charge in [0.15, 0.2) is 0 Å². The summed E-state index contributed by atoms with van der Waals surface area (Å²) in [6.07, 6.45) is 1.71. The van der Waals surface area contributed by atoms with Gasteiger partial charge in [-0.1, -0.05) is 6.07 Å². The first-order valence-corrected chi connectivity index (χ1v) is 5.93. The van der Waals surface area contributed by atoms with E-state index in [0.29, 0.717) is 12.2 Å². The first-order chi connectivity index (χ1) is 8.70. The molecule has 0 aliphatic rings. The van der Waals surface area contributed by atoms with E-state index in [1.807, 2.05) is 32.0 Å². The topological polar surface area (TPSA) is 59.8 Å². The van der Waals surface area contributed by atoms with E-state index in [-0.39, 0.29) is 5.91 Å². The first kappa shape index (κ1) is 12.3. The monoisotopic (exact) mass is 244 g/mol. The van der Waals surface area contributed by atoms with E-state index in [1.54, 1.807) is 16.9 Å². The number of pyridine rings is 1. The van der Waals surface area contributed by atoms with Gasteiger partial charge >= 0.3 is 0 Å². The Morgan fingerprint density at radius 3 is 2.89 bits per heavy atom. The lowest BCUT2D eigenvalue weighted by Crippen LogP contribution is -2.23. The minimum atomic E-state index is -0.170. The average molecular weight is 244 g/mol. The summed E-state index contributed by atoms with van der Waals surface area (Å²) >= 11 is 0. The Morgan fingerprint density at radius 2 is 2.28 bits per heavy atom. The number of aryl methyl sites for hydroxylation is 2. The standard InChI is InChI=1S/C13H16N4O/c1-3-17-10(2)8-12(16-17)13(18)15-9-11-6-4-5-7-14-11/h4-8H,3,9H2,1-2H3,(H,15,18). The summed E-state index contributed by atoms with van der Waals surface area (Å²) in [6.45, 7) is 5.11. The molecule has 0 fully saturated rings. The maximum Gasteiger partial charge on any atom is 0.272 e. The number of carbonyl (C=O) groups is 1. The number of hydrogen-bond donors (Lipinski definition) is 1. The molecule has 1 amide bonds. The smallest absolute Gasteiger partial charge is 0.272 e. The molecule has 1 N–H and O–H groups in total. The Balaban J connectivity index is 1.99. The summed E-state index contributed by atoms with van der Waals surface area (Å²) in [5.41, 5.74) is 2.27. The van der Waals surface area contributed by atoms with Crippen LogP contribution in [0.4, 0.5) is 0 Å². The molecule has 18 heavy (non-hydrogen) atoms. The summed E-state index contributed by atoms with van der Waals surface area (Å²) in [4.78, 5) is 16.0. The third-order valence-electron chi connectivity index (χ3n) is 2.67. The lowest BCUT2D eigenvalue weighted by Gasteiger charge is -2.02. The lowest BCUT2D eigenvalue weighted by molar-refractivity contribution is 0.0944. The molecule has 94 valence electrons. The second-order valence-corrected chi connectivity index (χ2v) is 3.99. The van der Waals surface area contributed by atoms with Crippen molar-refractivity contribution in [3.05, 3.63) is 47.5 Å². The van der Waals surface area contributed by atoms with Crippen molar-refractivity contribution in [2.75, 3.05) is 0 Å². The highest BCUT2D eigenvalue weighted by Crippen LogP contribution is 2.03. The fourth-order valence-corrected chi connectivity index (χ4v) is 1.71. The predicted octanol–water partition coefficient (Wildman–Crippen LogP) is 1.54. The van der Waals surface area contributed by atoms with Crippen molar-refractivity contribution in [3.8, 4) is 0 Å². The van der Waals surface area contributed by atoms with Gasteiger partial charge < -0.3 is 5.32 Å². The Morgan fingerprint density at radius 1 is 1.44 bits per heavy atom. The largest absolute Gasteiger partial charge is 0.345 e. The molecule has 0 atom stereocenters. The van der Waals surface area contributed by atoms with Crippen LogP contribution in [0.2, 0.25) is 0 Å². The van der Waals surface area contributed by atoms with Gasteiger partial charge in [-0.05, 0) is 32.0 Å². The fourth-order valence-electron chi connectivity index (χ4n) is 1.71. The van der Waals surface area contributed by atoms with E-state index in [9.17, 15) is 4.79 Å². The molecule has 5 nitrogen and oxygen atoms in total. The molecule has 0 aromatic carbocycles. The van der Waals surface area contributed by atoms with Gasteiger partial charge in [-0.2, -0.15) is 5.10 Å². The molecule has 0 spiro atoms. The van der Waals surface area contributed by atoms with Crippen molar-refractivity contribution in [2.24, 2.45) is 0 Å². The minimum Gasteiger partial charge on any atom is -0.345 e. The number of aromatic nitrogens is 3. The first-order valence-electron chi connectivity index (χ1n) is 5.93. The van der Waals surface area contributed by atoms with Crippen molar-refractivity contribution >= 4 is 5.91 Å². The van der Waals surface area contributed by atoms with Crippen molar-refractivity contribution in [1.82, 2.24) is 20.1 Å². The van der Waals surface area contributed by atoms with Gasteiger partial charge in [-0.15, -0.1) is 0 Å². The molecule has 0 radical (unpaired) electrons. The molecule has 0 unspecified atom stereocenters. The molecular formula is C13H16N4O. The van der Waals surface area contributed by atoms with Crippen LogP contribution in [0.5, 0.6) is 0 Å². The van der Waals surface area contributed by atoms with E-state index in [4.69, 9.17) is 0 Å². The number of amides is 1. The maximum absolute atomic E-state index is 11.9. The number of carbonyl (C=O) groups excluding carboxylic acids is 1. The van der Waals surface area contributed by atoms with E-state index >= 15 is 0 Å². The highest BCUT2D eigenvalue weighted by atomic mass is 16.1. The quantitative estimate of drug-likeness (QED) is 0.887. The third-order valence-corrected chi connectivity index (χ3v) is 2.67. The zero-order valence-electron chi connectivity index (χ0n) is 10.6. The molecule has 2 aromatic rings. The van der Waals surface area contributed by atoms with E-state index in [0.717, 1.165) is 17.9 Å². The second-order valence-electron chi connectivity index (χ2n) is 3.99. The molecule has 0 aliphatic heterocycles. The summed E-state index contributed by atoms with van der Waals surface area (Å²) in [5.74, 6) is -0.170. The maximum atomic E-state index is 11.9. The van der Waals surface area contributed by atoms with Gasteiger partial charge in [0.25, 0.3) is 5.91 Å². The molecule has 0 saturated heterocycles. The van der Waals surface area contributed by atoms with Crippen LogP contribution in [0, 0.1) is 6.92 Å². The van der Waals surface area contributed by atoms with Gasteiger partial charge in [0.05, 0.1) is 12.2 Å². The Labute approximate surface area is 106 Å². The van der Waals surface area contributed by atoms with Crippen LogP contribution < -0.4 is 5.32 Å². The minimum absolute atomic E-state index is 0.170. The molecule has 0 bridgehead atoms. The lowest BCUT2D eigenvalue weighted by atomic mass is 10.3. The Kier molecular flexibility index (Phi) is 3.72. The molecular weight excluding hydrogens is 228 g/mol. The summed E-state index contributed by atoms with van der Waals surface area (Å²) in [7, 11) is 0. The van der Waals surface area contributed by atoms with Gasteiger partial charge in [0, 0.05) is 18.4 Å². The summed E-state index contributed by atoms with van der Waals surface area (Å²) in [6, 6.07) is 7.40. The van der Waals surface area contributed by atoms with Gasteiger partial charge in [0.2, 0.25) is 0 Å². The van der Waals surface area contributed by atoms with Crippen LogP contribution >= 0.6 is 0 Å². The fraction of sp³-hybridized carbons (Fsp3) is 0.308. The average Bonchev–Trinajstić information content (AvgIpc) is 2.78. The number of nitrogens with zero attached hydrogens (tertiary/aromatic N) is 3. The van der Waals surface area contributed by atoms with Gasteiger partial charge in [0.1, 0.15) is 5.69 Å².